The van der Waals surface area contributed by atoms with Gasteiger partial charge in [0.05, 0.1) is 9.13 Å². The largest absolute Gasteiger partial charge is 0.574 e. The van der Waals surface area contributed by atoms with Crippen LogP contribution in [-0.2, 0) is 6.18 Å². The number of hydrogen-bond donors (Lipinski definition) is 0. The van der Waals surface area contributed by atoms with Gasteiger partial charge in [-0.1, -0.05) is 0 Å². The molecule has 10 heteroatoms. The Morgan fingerprint density at radius 1 is 1.06 bits per heavy atom. The van der Waals surface area contributed by atoms with E-state index in [9.17, 15) is 26.3 Å². The maximum Gasteiger partial charge on any atom is 0.574 e. The number of alkyl halides is 6. The van der Waals surface area contributed by atoms with Crippen LogP contribution in [0.4, 0.5) is 26.3 Å². The molecule has 0 spiro atoms. The summed E-state index contributed by atoms with van der Waals surface area (Å²) >= 11 is 2.76. The predicted molar refractivity (Wildman–Crippen MR) is 61.4 cm³/mol. The van der Waals surface area contributed by atoms with Crippen molar-refractivity contribution < 1.29 is 31.1 Å². The van der Waals surface area contributed by atoms with Crippen molar-refractivity contribution in [2.24, 2.45) is 0 Å². The third-order valence-electron chi connectivity index (χ3n) is 1.42. The number of rotatable bonds is 1. The Morgan fingerprint density at radius 2 is 1.59 bits per heavy atom. The van der Waals surface area contributed by atoms with Crippen LogP contribution in [0.5, 0.6) is 5.88 Å². The molecule has 0 radical (unpaired) electrons. The molecule has 1 aromatic rings. The molecular weight excluding hydrogens is 482 g/mol. The van der Waals surface area contributed by atoms with Crippen molar-refractivity contribution in [2.75, 3.05) is 0 Å². The lowest BCUT2D eigenvalue weighted by molar-refractivity contribution is -0.276. The van der Waals surface area contributed by atoms with E-state index in [1.165, 1.54) is 45.2 Å². The lowest BCUT2D eigenvalue weighted by Gasteiger charge is -2.13. The van der Waals surface area contributed by atoms with Gasteiger partial charge in [-0.15, -0.1) is 13.2 Å². The van der Waals surface area contributed by atoms with E-state index in [1.54, 1.807) is 0 Å². The second-order valence-electron chi connectivity index (χ2n) is 2.66. The zero-order valence-electron chi connectivity index (χ0n) is 7.46. The molecule has 1 aromatic heterocycles. The van der Waals surface area contributed by atoms with Crippen molar-refractivity contribution in [3.63, 3.8) is 0 Å². The average Bonchev–Trinajstić information content (AvgIpc) is 2.06. The zero-order chi connectivity index (χ0) is 13.4. The monoisotopic (exact) mass is 483 g/mol. The molecule has 0 aliphatic heterocycles. The predicted octanol–water partition coefficient (Wildman–Crippen LogP) is 4.21. The van der Waals surface area contributed by atoms with Crippen molar-refractivity contribution in [1.82, 2.24) is 4.98 Å². The minimum absolute atomic E-state index is 0.211. The van der Waals surface area contributed by atoms with E-state index in [0.29, 0.717) is 0 Å². The van der Waals surface area contributed by atoms with Crippen LogP contribution in [0.2, 0.25) is 0 Å². The number of pyridine rings is 1. The molecule has 1 heterocycles. The first-order valence-corrected chi connectivity index (χ1v) is 5.85. The second kappa shape index (κ2) is 4.93. The number of aromatic nitrogens is 1. The average molecular weight is 483 g/mol. The van der Waals surface area contributed by atoms with Gasteiger partial charge in [0.25, 0.3) is 0 Å². The Labute approximate surface area is 118 Å². The molecule has 1 rings (SSSR count). The zero-order valence-corrected chi connectivity index (χ0v) is 11.8. The highest BCUT2D eigenvalue weighted by Gasteiger charge is 2.37. The molecule has 17 heavy (non-hydrogen) atoms. The molecule has 0 N–H and O–H groups in total. The first-order valence-electron chi connectivity index (χ1n) is 3.69. The molecule has 0 saturated heterocycles. The van der Waals surface area contributed by atoms with Gasteiger partial charge in [0.2, 0.25) is 5.88 Å². The quantitative estimate of drug-likeness (QED) is 0.340. The highest BCUT2D eigenvalue weighted by Crippen LogP contribution is 2.36. The number of nitrogens with zero attached hydrogens (tertiary/aromatic N) is 1. The van der Waals surface area contributed by atoms with Crippen LogP contribution in [0.15, 0.2) is 6.07 Å². The van der Waals surface area contributed by atoms with E-state index < -0.39 is 24.0 Å². The maximum absolute atomic E-state index is 12.5. The minimum atomic E-state index is -5.08. The SMILES string of the molecule is FC(F)(F)Oc1cc(C(F)(F)F)c(I)c(I)n1. The molecule has 0 aromatic carbocycles. The van der Waals surface area contributed by atoms with Gasteiger partial charge in [0.15, 0.2) is 0 Å². The molecule has 0 saturated carbocycles. The van der Waals surface area contributed by atoms with Crippen LogP contribution < -0.4 is 4.74 Å². The van der Waals surface area contributed by atoms with Crippen LogP contribution in [0.25, 0.3) is 0 Å². The Hall–Kier alpha value is -0.0100. The topological polar surface area (TPSA) is 22.1 Å². The van der Waals surface area contributed by atoms with Gasteiger partial charge in [0.1, 0.15) is 3.70 Å². The summed E-state index contributed by atoms with van der Waals surface area (Å²) in [5.74, 6) is -1.13. The molecule has 0 unspecified atom stereocenters. The summed E-state index contributed by atoms with van der Waals surface area (Å²) in [7, 11) is 0. The van der Waals surface area contributed by atoms with Gasteiger partial charge < -0.3 is 4.74 Å². The molecule has 0 amide bonds. The standard InChI is InChI=1S/C7HF6I2NO/c8-6(9,10)2-1-3(17-7(11,12)13)16-5(15)4(2)14/h1H. The highest BCUT2D eigenvalue weighted by atomic mass is 127. The Bertz CT molecular complexity index is 430. The minimum Gasteiger partial charge on any atom is -0.388 e. The highest BCUT2D eigenvalue weighted by molar-refractivity contribution is 14.1. The molecule has 0 atom stereocenters. The van der Waals surface area contributed by atoms with Crippen LogP contribution in [0.3, 0.4) is 0 Å². The third-order valence-corrected chi connectivity index (χ3v) is 4.32. The van der Waals surface area contributed by atoms with Gasteiger partial charge >= 0.3 is 12.5 Å². The Morgan fingerprint density at radius 3 is 2.00 bits per heavy atom. The summed E-state index contributed by atoms with van der Waals surface area (Å²) in [6.45, 7) is 0. The fourth-order valence-corrected chi connectivity index (χ4v) is 1.96. The molecule has 0 aliphatic carbocycles. The normalized spacial score (nSPS) is 12.7. The summed E-state index contributed by atoms with van der Waals surface area (Å²) in [5.41, 5.74) is -1.21. The van der Waals surface area contributed by atoms with Crippen LogP contribution in [-0.4, -0.2) is 11.3 Å². The van der Waals surface area contributed by atoms with E-state index in [0.717, 1.165) is 0 Å². The molecule has 96 valence electrons. The van der Waals surface area contributed by atoms with Crippen LogP contribution >= 0.6 is 45.2 Å². The molecule has 0 fully saturated rings. The fraction of sp³-hybridized carbons (Fsp3) is 0.286. The summed E-state index contributed by atoms with van der Waals surface area (Å²) in [4.78, 5) is 3.27. The first kappa shape index (κ1) is 15.0. The maximum atomic E-state index is 12.5. The smallest absolute Gasteiger partial charge is 0.388 e. The lowest BCUT2D eigenvalue weighted by atomic mass is 10.2. The van der Waals surface area contributed by atoms with E-state index in [-0.39, 0.29) is 13.3 Å². The van der Waals surface area contributed by atoms with Crippen molar-refractivity contribution in [2.45, 2.75) is 12.5 Å². The van der Waals surface area contributed by atoms with Gasteiger partial charge in [-0.2, -0.15) is 13.2 Å². The Balaban J connectivity index is 3.25. The van der Waals surface area contributed by atoms with E-state index in [1.807, 2.05) is 0 Å². The fourth-order valence-electron chi connectivity index (χ4n) is 0.853. The second-order valence-corrected chi connectivity index (χ2v) is 4.76. The van der Waals surface area contributed by atoms with Gasteiger partial charge in [0, 0.05) is 6.07 Å². The molecule has 2 nitrogen and oxygen atoms in total. The van der Waals surface area contributed by atoms with E-state index >= 15 is 0 Å². The first-order chi connectivity index (χ1) is 7.50. The number of ether oxygens (including phenoxy) is 1. The van der Waals surface area contributed by atoms with Crippen molar-refractivity contribution in [3.05, 3.63) is 18.9 Å². The summed E-state index contributed by atoms with van der Waals surface area (Å²) in [6, 6.07) is 0.220. The van der Waals surface area contributed by atoms with Gasteiger partial charge in [-0.3, -0.25) is 0 Å². The van der Waals surface area contributed by atoms with E-state index in [4.69, 9.17) is 0 Å². The number of halogens is 8. The summed E-state index contributed by atoms with van der Waals surface area (Å²) in [5, 5.41) is 0. The van der Waals surface area contributed by atoms with Crippen LogP contribution in [0, 0.1) is 7.27 Å². The molecule has 0 aliphatic rings. The van der Waals surface area contributed by atoms with Crippen molar-refractivity contribution in [3.8, 4) is 5.88 Å². The van der Waals surface area contributed by atoms with E-state index in [2.05, 4.69) is 9.72 Å². The Kier molecular flexibility index (Phi) is 4.37. The number of hydrogen-bond acceptors (Lipinski definition) is 2. The van der Waals surface area contributed by atoms with Gasteiger partial charge in [-0.05, 0) is 45.2 Å². The van der Waals surface area contributed by atoms with Crippen molar-refractivity contribution >= 4 is 45.2 Å². The molecule has 0 bridgehead atoms. The van der Waals surface area contributed by atoms with Crippen LogP contribution in [0.1, 0.15) is 5.56 Å². The summed E-state index contributed by atoms with van der Waals surface area (Å²) < 4.78 is 75.8. The van der Waals surface area contributed by atoms with Crippen molar-refractivity contribution in [1.29, 1.82) is 0 Å². The van der Waals surface area contributed by atoms with Gasteiger partial charge in [-0.25, -0.2) is 4.98 Å². The molecular formula is C7HF6I2NO. The lowest BCUT2D eigenvalue weighted by Crippen LogP contribution is -2.19. The third kappa shape index (κ3) is 4.30. The summed E-state index contributed by atoms with van der Waals surface area (Å²) in [6.07, 6.45) is -9.84.